The van der Waals surface area contributed by atoms with Crippen LogP contribution in [-0.4, -0.2) is 37.2 Å². The summed E-state index contributed by atoms with van der Waals surface area (Å²) in [6, 6.07) is 0. The smallest absolute Gasteiger partial charge is 0.306 e. The maximum absolute atomic E-state index is 12.9. The van der Waals surface area contributed by atoms with Gasteiger partial charge >= 0.3 is 17.9 Å². The molecule has 0 spiro atoms. The number of carbonyl (C=O) groups excluding carboxylic acids is 3. The number of rotatable bonds is 67. The van der Waals surface area contributed by atoms with Crippen LogP contribution in [-0.2, 0) is 28.6 Å². The highest BCUT2D eigenvalue weighted by atomic mass is 16.6. The quantitative estimate of drug-likeness (QED) is 0.0261. The van der Waals surface area contributed by atoms with E-state index in [1.54, 1.807) is 0 Å². The average molecular weight is 1150 g/mol. The predicted molar refractivity (Wildman–Crippen MR) is 358 cm³/mol. The zero-order chi connectivity index (χ0) is 59.2. The molecule has 6 heteroatoms. The minimum Gasteiger partial charge on any atom is -0.462 e. The molecule has 0 amide bonds. The fourth-order valence-corrected chi connectivity index (χ4v) is 10.7. The van der Waals surface area contributed by atoms with Crippen molar-refractivity contribution in [2.24, 2.45) is 0 Å². The van der Waals surface area contributed by atoms with Gasteiger partial charge in [0, 0.05) is 19.3 Å². The lowest BCUT2D eigenvalue weighted by molar-refractivity contribution is -0.167. The Labute approximate surface area is 510 Å². The van der Waals surface area contributed by atoms with Crippen LogP contribution in [0.1, 0.15) is 387 Å². The summed E-state index contributed by atoms with van der Waals surface area (Å²) in [4.78, 5) is 38.4. The van der Waals surface area contributed by atoms with Gasteiger partial charge in [-0.05, 0) is 103 Å². The first-order valence-corrected chi connectivity index (χ1v) is 36.3. The molecule has 0 saturated carbocycles. The van der Waals surface area contributed by atoms with Crippen molar-refractivity contribution in [2.45, 2.75) is 393 Å². The van der Waals surface area contributed by atoms with Gasteiger partial charge in [-0.1, -0.05) is 326 Å². The number of hydrogen-bond acceptors (Lipinski definition) is 6. The van der Waals surface area contributed by atoms with Gasteiger partial charge in [-0.2, -0.15) is 0 Å². The van der Waals surface area contributed by atoms with Gasteiger partial charge in [-0.15, -0.1) is 0 Å². The normalized spacial score (nSPS) is 12.4. The highest BCUT2D eigenvalue weighted by molar-refractivity contribution is 5.71. The van der Waals surface area contributed by atoms with Crippen LogP contribution in [0.25, 0.3) is 0 Å². The van der Waals surface area contributed by atoms with Crippen LogP contribution in [0.2, 0.25) is 0 Å². The monoisotopic (exact) mass is 1150 g/mol. The third-order valence-corrected chi connectivity index (χ3v) is 16.2. The van der Waals surface area contributed by atoms with E-state index in [-0.39, 0.29) is 31.1 Å². The molecule has 0 aliphatic heterocycles. The highest BCUT2D eigenvalue weighted by Crippen LogP contribution is 2.18. The Bertz CT molecular complexity index is 1460. The van der Waals surface area contributed by atoms with Crippen molar-refractivity contribution in [3.63, 3.8) is 0 Å². The fraction of sp³-hybridized carbons (Fsp3) is 0.829. The molecule has 0 N–H and O–H groups in total. The number of hydrogen-bond donors (Lipinski definition) is 0. The molecule has 0 fully saturated rings. The Morgan fingerprint density at radius 2 is 0.451 bits per heavy atom. The molecule has 0 aliphatic carbocycles. The van der Waals surface area contributed by atoms with Crippen LogP contribution >= 0.6 is 0 Å². The molecule has 82 heavy (non-hydrogen) atoms. The van der Waals surface area contributed by atoms with Crippen LogP contribution in [0.5, 0.6) is 0 Å². The summed E-state index contributed by atoms with van der Waals surface area (Å²) in [5.41, 5.74) is 0. The molecule has 6 nitrogen and oxygen atoms in total. The van der Waals surface area contributed by atoms with E-state index in [4.69, 9.17) is 14.2 Å². The number of unbranched alkanes of at least 4 members (excludes halogenated alkanes) is 46. The molecular formula is C76H138O6. The second-order valence-electron chi connectivity index (χ2n) is 24.5. The molecule has 0 aliphatic rings. The van der Waals surface area contributed by atoms with Crippen molar-refractivity contribution < 1.29 is 28.6 Å². The topological polar surface area (TPSA) is 78.9 Å². The van der Waals surface area contributed by atoms with Crippen molar-refractivity contribution in [3.8, 4) is 0 Å². The summed E-state index contributed by atoms with van der Waals surface area (Å²) in [6.45, 7) is 6.61. The van der Waals surface area contributed by atoms with Crippen molar-refractivity contribution in [1.82, 2.24) is 0 Å². The summed E-state index contributed by atoms with van der Waals surface area (Å²) in [5, 5.41) is 0. The average Bonchev–Trinajstić information content (AvgIpc) is 3.48. The molecule has 0 aromatic carbocycles. The minimum atomic E-state index is -0.784. The van der Waals surface area contributed by atoms with E-state index < -0.39 is 6.10 Å². The van der Waals surface area contributed by atoms with E-state index in [1.165, 1.54) is 257 Å². The van der Waals surface area contributed by atoms with E-state index in [1.807, 2.05) is 0 Å². The third kappa shape index (κ3) is 67.9. The summed E-state index contributed by atoms with van der Waals surface area (Å²) >= 11 is 0. The van der Waals surface area contributed by atoms with Gasteiger partial charge in [0.05, 0.1) is 0 Å². The van der Waals surface area contributed by atoms with Crippen molar-refractivity contribution >= 4 is 17.9 Å². The molecule has 0 aromatic rings. The van der Waals surface area contributed by atoms with Crippen LogP contribution < -0.4 is 0 Å². The summed E-state index contributed by atoms with van der Waals surface area (Å²) in [6.07, 6.45) is 91.3. The van der Waals surface area contributed by atoms with E-state index in [2.05, 4.69) is 81.5 Å². The lowest BCUT2D eigenvalue weighted by Gasteiger charge is -2.18. The van der Waals surface area contributed by atoms with E-state index in [0.717, 1.165) is 89.9 Å². The molecule has 1 unspecified atom stereocenters. The SMILES string of the molecule is CCCC/C=C\C/C=C\CCCCCCCC(=O)OCC(COC(=O)CCCCCCCCCCCCCCCCCCCCCCC/C=C\CCCCCCCCCC)OC(=O)CCCCCCCCC/C=C\C/C=C\CCCCC. The first-order chi connectivity index (χ1) is 40.5. The van der Waals surface area contributed by atoms with E-state index >= 15 is 0 Å². The Morgan fingerprint density at radius 1 is 0.244 bits per heavy atom. The summed E-state index contributed by atoms with van der Waals surface area (Å²) < 4.78 is 17.0. The molecule has 0 heterocycles. The Morgan fingerprint density at radius 3 is 0.744 bits per heavy atom. The van der Waals surface area contributed by atoms with E-state index in [9.17, 15) is 14.4 Å². The zero-order valence-corrected chi connectivity index (χ0v) is 55.0. The minimum absolute atomic E-state index is 0.0787. The Hall–Kier alpha value is -2.89. The van der Waals surface area contributed by atoms with Gasteiger partial charge in [0.15, 0.2) is 6.10 Å². The van der Waals surface area contributed by atoms with Crippen molar-refractivity contribution in [3.05, 3.63) is 60.8 Å². The van der Waals surface area contributed by atoms with Crippen LogP contribution in [0, 0.1) is 0 Å². The molecule has 0 saturated heterocycles. The van der Waals surface area contributed by atoms with Crippen molar-refractivity contribution in [1.29, 1.82) is 0 Å². The number of ether oxygens (including phenoxy) is 3. The van der Waals surface area contributed by atoms with E-state index in [0.29, 0.717) is 19.3 Å². The van der Waals surface area contributed by atoms with Crippen molar-refractivity contribution in [2.75, 3.05) is 13.2 Å². The van der Waals surface area contributed by atoms with Gasteiger partial charge in [0.25, 0.3) is 0 Å². The fourth-order valence-electron chi connectivity index (χ4n) is 10.7. The largest absolute Gasteiger partial charge is 0.462 e. The number of esters is 3. The molecule has 0 aromatic heterocycles. The lowest BCUT2D eigenvalue weighted by atomic mass is 10.0. The first-order valence-electron chi connectivity index (χ1n) is 36.3. The van der Waals surface area contributed by atoms with Gasteiger partial charge < -0.3 is 14.2 Å². The maximum atomic E-state index is 12.9. The predicted octanol–water partition coefficient (Wildman–Crippen LogP) is 25.1. The van der Waals surface area contributed by atoms with Gasteiger partial charge in [-0.3, -0.25) is 14.4 Å². The summed E-state index contributed by atoms with van der Waals surface area (Å²) in [5.74, 6) is -0.880. The van der Waals surface area contributed by atoms with Crippen LogP contribution in [0.3, 0.4) is 0 Å². The number of carbonyl (C=O) groups is 3. The molecule has 478 valence electrons. The highest BCUT2D eigenvalue weighted by Gasteiger charge is 2.19. The third-order valence-electron chi connectivity index (χ3n) is 16.2. The first kappa shape index (κ1) is 79.1. The second kappa shape index (κ2) is 70.6. The Kier molecular flexibility index (Phi) is 68.1. The standard InChI is InChI=1S/C76H138O6/c1-4-7-10-13-16-19-22-25-28-30-31-32-33-34-35-36-37-38-39-40-41-42-43-44-45-47-48-51-54-57-60-63-66-69-75(78)81-72-73(71-80-74(77)68-65-62-59-56-53-50-27-24-21-18-15-12-9-6-3)82-76(79)70-67-64-61-58-55-52-49-46-29-26-23-20-17-14-11-8-5-2/h15,17-18,20,24,26-27,29-31,73H,4-14,16,19,21-23,25,28,32-72H2,1-3H3/b18-15-,20-17-,27-24-,29-26-,31-30-. The maximum Gasteiger partial charge on any atom is 0.306 e. The second-order valence-corrected chi connectivity index (χ2v) is 24.5. The Balaban J connectivity index is 4.14. The zero-order valence-electron chi connectivity index (χ0n) is 55.0. The van der Waals surface area contributed by atoms with Crippen LogP contribution in [0.4, 0.5) is 0 Å². The summed E-state index contributed by atoms with van der Waals surface area (Å²) in [7, 11) is 0. The molecule has 0 bridgehead atoms. The van der Waals surface area contributed by atoms with Gasteiger partial charge in [0.2, 0.25) is 0 Å². The molecular weight excluding hydrogens is 1010 g/mol. The van der Waals surface area contributed by atoms with Gasteiger partial charge in [0.1, 0.15) is 13.2 Å². The number of allylic oxidation sites excluding steroid dienone is 10. The van der Waals surface area contributed by atoms with Crippen LogP contribution in [0.15, 0.2) is 60.8 Å². The van der Waals surface area contributed by atoms with Gasteiger partial charge in [-0.25, -0.2) is 0 Å². The lowest BCUT2D eigenvalue weighted by Crippen LogP contribution is -2.30. The molecule has 1 atom stereocenters. The molecule has 0 rings (SSSR count). The molecule has 0 radical (unpaired) electrons.